The number of benzene rings is 1. The Morgan fingerprint density at radius 2 is 2.18 bits per heavy atom. The van der Waals surface area contributed by atoms with Crippen LogP contribution in [0.4, 0.5) is 0 Å². The molecule has 3 rings (SSSR count). The van der Waals surface area contributed by atoms with Gasteiger partial charge in [0, 0.05) is 24.7 Å². The lowest BCUT2D eigenvalue weighted by Crippen LogP contribution is -2.54. The number of amides is 1. The molecule has 2 aliphatic rings. The minimum atomic E-state index is -0.00919. The quantitative estimate of drug-likeness (QED) is 0.920. The zero-order valence-electron chi connectivity index (χ0n) is 13.0. The summed E-state index contributed by atoms with van der Waals surface area (Å²) in [6, 6.07) is 10.5. The largest absolute Gasteiger partial charge is 0.372 e. The molecule has 0 aromatic heterocycles. The molecule has 0 spiro atoms. The Labute approximate surface area is 136 Å². The van der Waals surface area contributed by atoms with Crippen LogP contribution in [0.3, 0.4) is 0 Å². The molecule has 2 fully saturated rings. The Kier molecular flexibility index (Phi) is 5.39. The van der Waals surface area contributed by atoms with Gasteiger partial charge in [-0.1, -0.05) is 30.3 Å². The number of hydrogen-bond donors (Lipinski definition) is 1. The standard InChI is InChI=1S/C17H24N2O2S/c1-13-9-19(17(20)16-11-22-12-18-16)10-15(21-13)8-7-14-5-3-2-4-6-14/h2-6,13,15-16,18H,7-12H2,1H3. The van der Waals surface area contributed by atoms with Crippen LogP contribution in [0.2, 0.25) is 0 Å². The van der Waals surface area contributed by atoms with Gasteiger partial charge in [0.2, 0.25) is 5.91 Å². The first-order chi connectivity index (χ1) is 10.7. The van der Waals surface area contributed by atoms with Crippen LogP contribution < -0.4 is 5.32 Å². The van der Waals surface area contributed by atoms with Gasteiger partial charge in [-0.3, -0.25) is 10.1 Å². The van der Waals surface area contributed by atoms with E-state index in [1.54, 1.807) is 11.8 Å². The molecule has 120 valence electrons. The molecule has 5 heteroatoms. The molecule has 1 aromatic carbocycles. The van der Waals surface area contributed by atoms with E-state index < -0.39 is 0 Å². The summed E-state index contributed by atoms with van der Waals surface area (Å²) in [6.45, 7) is 3.49. The maximum atomic E-state index is 12.6. The summed E-state index contributed by atoms with van der Waals surface area (Å²) in [5.41, 5.74) is 1.33. The second kappa shape index (κ2) is 7.49. The lowest BCUT2D eigenvalue weighted by molar-refractivity contribution is -0.146. The minimum Gasteiger partial charge on any atom is -0.372 e. The number of morpholine rings is 1. The molecule has 0 bridgehead atoms. The summed E-state index contributed by atoms with van der Waals surface area (Å²) in [6.07, 6.45) is 2.22. The first-order valence-electron chi connectivity index (χ1n) is 8.01. The van der Waals surface area contributed by atoms with Gasteiger partial charge in [0.15, 0.2) is 0 Å². The topological polar surface area (TPSA) is 41.6 Å². The Bertz CT molecular complexity index is 491. The van der Waals surface area contributed by atoms with Crippen molar-refractivity contribution in [3.63, 3.8) is 0 Å². The third-order valence-corrected chi connectivity index (χ3v) is 5.19. The Balaban J connectivity index is 1.55. The molecule has 4 nitrogen and oxygen atoms in total. The van der Waals surface area contributed by atoms with Gasteiger partial charge in [0.05, 0.1) is 18.2 Å². The number of carbonyl (C=O) groups excluding carboxylic acids is 1. The summed E-state index contributed by atoms with van der Waals surface area (Å²) in [4.78, 5) is 14.6. The predicted molar refractivity (Wildman–Crippen MR) is 89.9 cm³/mol. The number of aryl methyl sites for hydroxylation is 1. The van der Waals surface area contributed by atoms with Crippen molar-refractivity contribution in [2.75, 3.05) is 24.7 Å². The van der Waals surface area contributed by atoms with Crippen LogP contribution in [0.25, 0.3) is 0 Å². The summed E-state index contributed by atoms with van der Waals surface area (Å²) in [7, 11) is 0. The van der Waals surface area contributed by atoms with Crippen molar-refractivity contribution in [2.45, 2.75) is 38.0 Å². The van der Waals surface area contributed by atoms with Crippen molar-refractivity contribution >= 4 is 17.7 Å². The molecule has 3 atom stereocenters. The predicted octanol–water partition coefficient (Wildman–Crippen LogP) is 1.90. The van der Waals surface area contributed by atoms with Crippen LogP contribution in [0, 0.1) is 0 Å². The summed E-state index contributed by atoms with van der Waals surface area (Å²) in [5, 5.41) is 3.27. The highest BCUT2D eigenvalue weighted by atomic mass is 32.2. The molecule has 22 heavy (non-hydrogen) atoms. The Morgan fingerprint density at radius 3 is 2.91 bits per heavy atom. The van der Waals surface area contributed by atoms with Crippen molar-refractivity contribution < 1.29 is 9.53 Å². The van der Waals surface area contributed by atoms with E-state index in [9.17, 15) is 4.79 Å². The van der Waals surface area contributed by atoms with Gasteiger partial charge in [-0.2, -0.15) is 0 Å². The number of hydrogen-bond acceptors (Lipinski definition) is 4. The Morgan fingerprint density at radius 1 is 1.36 bits per heavy atom. The first-order valence-corrected chi connectivity index (χ1v) is 9.17. The van der Waals surface area contributed by atoms with E-state index in [4.69, 9.17) is 4.74 Å². The van der Waals surface area contributed by atoms with Gasteiger partial charge in [0.25, 0.3) is 0 Å². The molecule has 2 heterocycles. The molecule has 2 aliphatic heterocycles. The molecule has 0 radical (unpaired) electrons. The lowest BCUT2D eigenvalue weighted by Gasteiger charge is -2.38. The van der Waals surface area contributed by atoms with Gasteiger partial charge in [-0.15, -0.1) is 11.8 Å². The third-order valence-electron chi connectivity index (χ3n) is 4.25. The van der Waals surface area contributed by atoms with Crippen molar-refractivity contribution in [1.82, 2.24) is 10.2 Å². The van der Waals surface area contributed by atoms with Crippen molar-refractivity contribution in [2.24, 2.45) is 0 Å². The summed E-state index contributed by atoms with van der Waals surface area (Å²) < 4.78 is 6.03. The van der Waals surface area contributed by atoms with Gasteiger partial charge >= 0.3 is 0 Å². The van der Waals surface area contributed by atoms with E-state index in [0.29, 0.717) is 6.54 Å². The fourth-order valence-corrected chi connectivity index (χ4v) is 4.06. The SMILES string of the molecule is CC1CN(C(=O)C2CSCN2)CC(CCc2ccccc2)O1. The van der Waals surface area contributed by atoms with Gasteiger partial charge in [0.1, 0.15) is 0 Å². The fraction of sp³-hybridized carbons (Fsp3) is 0.588. The van der Waals surface area contributed by atoms with Crippen molar-refractivity contribution in [1.29, 1.82) is 0 Å². The fourth-order valence-electron chi connectivity index (χ4n) is 3.13. The van der Waals surface area contributed by atoms with E-state index in [-0.39, 0.29) is 24.2 Å². The average Bonchev–Trinajstić information content (AvgIpc) is 3.07. The molecule has 1 aromatic rings. The number of ether oxygens (including phenoxy) is 1. The highest BCUT2D eigenvalue weighted by Gasteiger charge is 2.33. The molecule has 3 unspecified atom stereocenters. The maximum absolute atomic E-state index is 12.6. The van der Waals surface area contributed by atoms with Crippen molar-refractivity contribution in [3.05, 3.63) is 35.9 Å². The molecular formula is C17H24N2O2S. The number of rotatable bonds is 4. The van der Waals surface area contributed by atoms with E-state index in [1.165, 1.54) is 5.56 Å². The zero-order chi connectivity index (χ0) is 15.4. The molecule has 0 aliphatic carbocycles. The van der Waals surface area contributed by atoms with E-state index in [0.717, 1.165) is 31.0 Å². The molecular weight excluding hydrogens is 296 g/mol. The number of nitrogens with zero attached hydrogens (tertiary/aromatic N) is 1. The van der Waals surface area contributed by atoms with Gasteiger partial charge in [-0.25, -0.2) is 0 Å². The molecule has 1 N–H and O–H groups in total. The van der Waals surface area contributed by atoms with Crippen molar-refractivity contribution in [3.8, 4) is 0 Å². The highest BCUT2D eigenvalue weighted by molar-refractivity contribution is 7.99. The second-order valence-electron chi connectivity index (χ2n) is 6.11. The number of carbonyl (C=O) groups is 1. The first kappa shape index (κ1) is 15.8. The van der Waals surface area contributed by atoms with Crippen LogP contribution in [-0.2, 0) is 16.0 Å². The third kappa shape index (κ3) is 4.03. The van der Waals surface area contributed by atoms with Gasteiger partial charge in [-0.05, 0) is 25.3 Å². The van der Waals surface area contributed by atoms with Crippen LogP contribution in [-0.4, -0.2) is 53.8 Å². The van der Waals surface area contributed by atoms with E-state index in [2.05, 4.69) is 36.5 Å². The van der Waals surface area contributed by atoms with Crippen LogP contribution in [0.1, 0.15) is 18.9 Å². The van der Waals surface area contributed by atoms with Crippen LogP contribution in [0.5, 0.6) is 0 Å². The van der Waals surface area contributed by atoms with Crippen LogP contribution >= 0.6 is 11.8 Å². The second-order valence-corrected chi connectivity index (χ2v) is 7.14. The lowest BCUT2D eigenvalue weighted by atomic mass is 10.0. The number of nitrogens with one attached hydrogen (secondary N) is 1. The molecule has 2 saturated heterocycles. The van der Waals surface area contributed by atoms with Gasteiger partial charge < -0.3 is 9.64 Å². The minimum absolute atomic E-state index is 0.00919. The normalized spacial score (nSPS) is 28.8. The van der Waals surface area contributed by atoms with Crippen LogP contribution in [0.15, 0.2) is 30.3 Å². The summed E-state index contributed by atoms with van der Waals surface area (Å²) in [5.74, 6) is 2.01. The average molecular weight is 320 g/mol. The zero-order valence-corrected chi connectivity index (χ0v) is 13.8. The molecule has 0 saturated carbocycles. The maximum Gasteiger partial charge on any atom is 0.240 e. The van der Waals surface area contributed by atoms with E-state index in [1.807, 2.05) is 11.0 Å². The highest BCUT2D eigenvalue weighted by Crippen LogP contribution is 2.19. The Hall–Kier alpha value is -1.04. The smallest absolute Gasteiger partial charge is 0.240 e. The van der Waals surface area contributed by atoms with E-state index >= 15 is 0 Å². The monoisotopic (exact) mass is 320 g/mol. The number of thioether (sulfide) groups is 1. The molecule has 1 amide bonds. The summed E-state index contributed by atoms with van der Waals surface area (Å²) >= 11 is 1.79.